The second-order valence-electron chi connectivity index (χ2n) is 3.40. The molecule has 1 aromatic rings. The van der Waals surface area contributed by atoms with E-state index in [1.807, 2.05) is 0 Å². The summed E-state index contributed by atoms with van der Waals surface area (Å²) in [4.78, 5) is 21.1. The fourth-order valence-corrected chi connectivity index (χ4v) is 1.48. The highest BCUT2D eigenvalue weighted by atomic mass is 16.6. The molecule has 0 spiro atoms. The first-order chi connectivity index (χ1) is 8.57. The predicted octanol–water partition coefficient (Wildman–Crippen LogP) is 1.41. The Morgan fingerprint density at radius 2 is 2.28 bits per heavy atom. The number of hydrogen-bond donors (Lipinski definition) is 2. The maximum Gasteiger partial charge on any atom is 0.343 e. The SMILES string of the molecule is CC#CCNCc1cccc([N+](=O)[O-])c1C(=O)O. The van der Waals surface area contributed by atoms with E-state index >= 15 is 0 Å². The van der Waals surface area contributed by atoms with Gasteiger partial charge in [0, 0.05) is 12.6 Å². The van der Waals surface area contributed by atoms with Gasteiger partial charge in [0.15, 0.2) is 0 Å². The molecule has 0 unspecified atom stereocenters. The van der Waals surface area contributed by atoms with Crippen molar-refractivity contribution in [2.45, 2.75) is 13.5 Å². The zero-order valence-electron chi connectivity index (χ0n) is 9.77. The van der Waals surface area contributed by atoms with Gasteiger partial charge < -0.3 is 10.4 Å². The van der Waals surface area contributed by atoms with Gasteiger partial charge in [-0.05, 0) is 12.5 Å². The number of carbonyl (C=O) groups is 1. The van der Waals surface area contributed by atoms with E-state index in [1.54, 1.807) is 13.0 Å². The summed E-state index contributed by atoms with van der Waals surface area (Å²) >= 11 is 0. The van der Waals surface area contributed by atoms with Crippen molar-refractivity contribution >= 4 is 11.7 Å². The molecule has 0 radical (unpaired) electrons. The molecule has 0 saturated carbocycles. The molecular weight excluding hydrogens is 236 g/mol. The molecule has 6 heteroatoms. The zero-order valence-corrected chi connectivity index (χ0v) is 9.77. The lowest BCUT2D eigenvalue weighted by molar-refractivity contribution is -0.385. The molecule has 0 bridgehead atoms. The number of nitrogens with one attached hydrogen (secondary N) is 1. The molecular formula is C12H12N2O4. The minimum absolute atomic E-state index is 0.220. The van der Waals surface area contributed by atoms with Crippen LogP contribution < -0.4 is 5.32 Å². The number of rotatable bonds is 5. The van der Waals surface area contributed by atoms with Gasteiger partial charge in [0.25, 0.3) is 5.69 Å². The summed E-state index contributed by atoms with van der Waals surface area (Å²) < 4.78 is 0. The van der Waals surface area contributed by atoms with Crippen LogP contribution in [0.15, 0.2) is 18.2 Å². The van der Waals surface area contributed by atoms with Crippen LogP contribution in [0.1, 0.15) is 22.8 Å². The van der Waals surface area contributed by atoms with E-state index in [0.29, 0.717) is 12.1 Å². The maximum absolute atomic E-state index is 11.1. The first-order valence-electron chi connectivity index (χ1n) is 5.17. The molecule has 0 aliphatic heterocycles. The number of hydrogen-bond acceptors (Lipinski definition) is 4. The van der Waals surface area contributed by atoms with E-state index in [-0.39, 0.29) is 12.1 Å². The molecule has 0 aromatic heterocycles. The summed E-state index contributed by atoms with van der Waals surface area (Å²) in [6.45, 7) is 2.31. The minimum atomic E-state index is -1.30. The average Bonchev–Trinajstić information content (AvgIpc) is 2.33. The fraction of sp³-hybridized carbons (Fsp3) is 0.250. The molecule has 0 heterocycles. The smallest absolute Gasteiger partial charge is 0.343 e. The second kappa shape index (κ2) is 6.37. The van der Waals surface area contributed by atoms with E-state index in [2.05, 4.69) is 17.2 Å². The molecule has 0 amide bonds. The van der Waals surface area contributed by atoms with Crippen LogP contribution >= 0.6 is 0 Å². The van der Waals surface area contributed by atoms with Crippen LogP contribution in [-0.2, 0) is 6.54 Å². The van der Waals surface area contributed by atoms with Crippen molar-refractivity contribution in [1.82, 2.24) is 5.32 Å². The van der Waals surface area contributed by atoms with E-state index in [4.69, 9.17) is 5.11 Å². The van der Waals surface area contributed by atoms with Crippen LogP contribution in [0.2, 0.25) is 0 Å². The lowest BCUT2D eigenvalue weighted by Gasteiger charge is -2.06. The Morgan fingerprint density at radius 3 is 2.83 bits per heavy atom. The van der Waals surface area contributed by atoms with E-state index in [0.717, 1.165) is 0 Å². The largest absolute Gasteiger partial charge is 0.477 e. The molecule has 94 valence electrons. The molecule has 2 N–H and O–H groups in total. The number of nitro groups is 1. The van der Waals surface area contributed by atoms with Gasteiger partial charge in [-0.25, -0.2) is 4.79 Å². The Bertz CT molecular complexity index is 529. The lowest BCUT2D eigenvalue weighted by Crippen LogP contribution is -2.17. The van der Waals surface area contributed by atoms with Gasteiger partial charge in [-0.1, -0.05) is 18.1 Å². The normalized spacial score (nSPS) is 9.39. The summed E-state index contributed by atoms with van der Waals surface area (Å²) in [6.07, 6.45) is 0. The number of benzene rings is 1. The number of carboxylic acid groups (broad SMARTS) is 1. The zero-order chi connectivity index (χ0) is 13.5. The Hall–Kier alpha value is -2.39. The highest BCUT2D eigenvalue weighted by Gasteiger charge is 2.22. The molecule has 0 aliphatic rings. The summed E-state index contributed by atoms with van der Waals surface area (Å²) in [5.41, 5.74) is -0.308. The summed E-state index contributed by atoms with van der Waals surface area (Å²) in [7, 11) is 0. The van der Waals surface area contributed by atoms with Gasteiger partial charge in [0.1, 0.15) is 5.56 Å². The van der Waals surface area contributed by atoms with Crippen molar-refractivity contribution in [3.8, 4) is 11.8 Å². The fourth-order valence-electron chi connectivity index (χ4n) is 1.48. The molecule has 0 saturated heterocycles. The molecule has 0 atom stereocenters. The molecule has 1 rings (SSSR count). The highest BCUT2D eigenvalue weighted by molar-refractivity contribution is 5.94. The first-order valence-corrected chi connectivity index (χ1v) is 5.17. The van der Waals surface area contributed by atoms with Gasteiger partial charge in [-0.15, -0.1) is 5.92 Å². The van der Waals surface area contributed by atoms with Crippen molar-refractivity contribution in [2.24, 2.45) is 0 Å². The molecule has 0 fully saturated rings. The van der Waals surface area contributed by atoms with Crippen LogP contribution in [0.25, 0.3) is 0 Å². The third-order valence-electron chi connectivity index (χ3n) is 2.24. The van der Waals surface area contributed by atoms with Gasteiger partial charge in [-0.3, -0.25) is 10.1 Å². The third-order valence-corrected chi connectivity index (χ3v) is 2.24. The van der Waals surface area contributed by atoms with Gasteiger partial charge in [0.2, 0.25) is 0 Å². The molecule has 0 aliphatic carbocycles. The van der Waals surface area contributed by atoms with Gasteiger partial charge in [-0.2, -0.15) is 0 Å². The van der Waals surface area contributed by atoms with E-state index < -0.39 is 16.6 Å². The monoisotopic (exact) mass is 248 g/mol. The van der Waals surface area contributed by atoms with Gasteiger partial charge >= 0.3 is 5.97 Å². The number of aromatic carboxylic acids is 1. The number of nitrogens with zero attached hydrogens (tertiary/aromatic N) is 1. The third kappa shape index (κ3) is 3.30. The van der Waals surface area contributed by atoms with Crippen LogP contribution in [0.4, 0.5) is 5.69 Å². The number of carboxylic acids is 1. The van der Waals surface area contributed by atoms with Gasteiger partial charge in [0.05, 0.1) is 11.5 Å². The molecule has 6 nitrogen and oxygen atoms in total. The summed E-state index contributed by atoms with van der Waals surface area (Å²) in [5.74, 6) is 4.14. The second-order valence-corrected chi connectivity index (χ2v) is 3.40. The Labute approximate surface area is 104 Å². The van der Waals surface area contributed by atoms with Crippen molar-refractivity contribution in [3.63, 3.8) is 0 Å². The maximum atomic E-state index is 11.1. The van der Waals surface area contributed by atoms with Crippen LogP contribution in [0.3, 0.4) is 0 Å². The van der Waals surface area contributed by atoms with Crippen LogP contribution in [0.5, 0.6) is 0 Å². The van der Waals surface area contributed by atoms with Crippen molar-refractivity contribution in [1.29, 1.82) is 0 Å². The highest BCUT2D eigenvalue weighted by Crippen LogP contribution is 2.22. The summed E-state index contributed by atoms with van der Waals surface area (Å²) in [5, 5.41) is 22.7. The van der Waals surface area contributed by atoms with Crippen molar-refractivity contribution in [2.75, 3.05) is 6.54 Å². The first kappa shape index (κ1) is 13.7. The Morgan fingerprint density at radius 1 is 1.56 bits per heavy atom. The quantitative estimate of drug-likeness (QED) is 0.355. The van der Waals surface area contributed by atoms with Crippen LogP contribution in [-0.4, -0.2) is 22.5 Å². The minimum Gasteiger partial charge on any atom is -0.477 e. The Kier molecular flexibility index (Phi) is 4.84. The lowest BCUT2D eigenvalue weighted by atomic mass is 10.1. The predicted molar refractivity (Wildman–Crippen MR) is 65.2 cm³/mol. The van der Waals surface area contributed by atoms with Crippen molar-refractivity contribution < 1.29 is 14.8 Å². The Balaban J connectivity index is 3.02. The average molecular weight is 248 g/mol. The molecule has 1 aromatic carbocycles. The topological polar surface area (TPSA) is 92.5 Å². The molecule has 18 heavy (non-hydrogen) atoms. The standard InChI is InChI=1S/C12H12N2O4/c1-2-3-7-13-8-9-5-4-6-10(14(17)18)11(9)12(15)16/h4-6,13H,7-8H2,1H3,(H,15,16). The summed E-state index contributed by atoms with van der Waals surface area (Å²) in [6, 6.07) is 4.19. The number of nitro benzene ring substituents is 1. The van der Waals surface area contributed by atoms with E-state index in [1.165, 1.54) is 12.1 Å². The van der Waals surface area contributed by atoms with Crippen LogP contribution in [0, 0.1) is 22.0 Å². The van der Waals surface area contributed by atoms with E-state index in [9.17, 15) is 14.9 Å². The van der Waals surface area contributed by atoms with Crippen molar-refractivity contribution in [3.05, 3.63) is 39.4 Å².